The number of carbonyl (C=O) groups is 1. The van der Waals surface area contributed by atoms with E-state index < -0.39 is 0 Å². The SMILES string of the molecule is Nc1ccc2c(n1)C1CCC[C@@H]1OC2=O. The quantitative estimate of drug-likeness (QED) is 0.650. The lowest BCUT2D eigenvalue weighted by atomic mass is 9.94. The third-order valence-corrected chi connectivity index (χ3v) is 3.23. The normalized spacial score (nSPS) is 28.1. The van der Waals surface area contributed by atoms with Gasteiger partial charge in [0.2, 0.25) is 0 Å². The number of nitrogens with zero attached hydrogens (tertiary/aromatic N) is 1. The molecule has 1 aromatic heterocycles. The molecule has 0 spiro atoms. The zero-order chi connectivity index (χ0) is 10.4. The van der Waals surface area contributed by atoms with E-state index in [1.807, 2.05) is 0 Å². The predicted molar refractivity (Wildman–Crippen MR) is 54.4 cm³/mol. The maximum Gasteiger partial charge on any atom is 0.340 e. The molecule has 4 heteroatoms. The predicted octanol–water partition coefficient (Wildman–Crippen LogP) is 1.47. The standard InChI is InChI=1S/C11H12N2O2/c12-9-5-4-7-10(13-9)6-2-1-3-8(6)15-11(7)14/h4-6,8H,1-3H2,(H2,12,13)/t6?,8-/m0/s1. The van der Waals surface area contributed by atoms with E-state index in [-0.39, 0.29) is 18.0 Å². The Morgan fingerprint density at radius 1 is 1.40 bits per heavy atom. The number of carbonyl (C=O) groups excluding carboxylic acids is 1. The number of anilines is 1. The number of hydrogen-bond donors (Lipinski definition) is 1. The summed E-state index contributed by atoms with van der Waals surface area (Å²) < 4.78 is 5.36. The topological polar surface area (TPSA) is 65.2 Å². The number of nitrogen functional groups attached to an aromatic ring is 1. The number of aromatic nitrogens is 1. The summed E-state index contributed by atoms with van der Waals surface area (Å²) in [6.07, 6.45) is 3.12. The van der Waals surface area contributed by atoms with E-state index in [4.69, 9.17) is 10.5 Å². The summed E-state index contributed by atoms with van der Waals surface area (Å²) in [6.45, 7) is 0. The average molecular weight is 204 g/mol. The van der Waals surface area contributed by atoms with Gasteiger partial charge in [0.05, 0.1) is 11.3 Å². The van der Waals surface area contributed by atoms with Gasteiger partial charge in [-0.1, -0.05) is 0 Å². The third kappa shape index (κ3) is 1.21. The van der Waals surface area contributed by atoms with E-state index in [1.165, 1.54) is 0 Å². The lowest BCUT2D eigenvalue weighted by Crippen LogP contribution is -2.29. The third-order valence-electron chi connectivity index (χ3n) is 3.23. The smallest absolute Gasteiger partial charge is 0.340 e. The first-order valence-corrected chi connectivity index (χ1v) is 5.23. The van der Waals surface area contributed by atoms with Crippen LogP contribution in [0.5, 0.6) is 0 Å². The van der Waals surface area contributed by atoms with Crippen molar-refractivity contribution in [2.45, 2.75) is 31.3 Å². The first-order valence-electron chi connectivity index (χ1n) is 5.23. The van der Waals surface area contributed by atoms with Gasteiger partial charge in [-0.3, -0.25) is 0 Å². The van der Waals surface area contributed by atoms with Crippen molar-refractivity contribution in [1.82, 2.24) is 4.98 Å². The van der Waals surface area contributed by atoms with Crippen molar-refractivity contribution in [1.29, 1.82) is 0 Å². The van der Waals surface area contributed by atoms with Crippen molar-refractivity contribution >= 4 is 11.8 Å². The molecule has 0 amide bonds. The van der Waals surface area contributed by atoms with Gasteiger partial charge in [-0.05, 0) is 31.4 Å². The molecule has 0 bridgehead atoms. The highest BCUT2D eigenvalue weighted by atomic mass is 16.5. The van der Waals surface area contributed by atoms with Gasteiger partial charge in [0.1, 0.15) is 11.9 Å². The summed E-state index contributed by atoms with van der Waals surface area (Å²) in [5.74, 6) is 0.496. The molecule has 4 nitrogen and oxygen atoms in total. The molecular formula is C11H12N2O2. The lowest BCUT2D eigenvalue weighted by molar-refractivity contribution is 0.0222. The van der Waals surface area contributed by atoms with Crippen LogP contribution in [0.1, 0.15) is 41.2 Å². The first kappa shape index (κ1) is 8.71. The molecule has 3 rings (SSSR count). The van der Waals surface area contributed by atoms with Crippen LogP contribution in [0.3, 0.4) is 0 Å². The summed E-state index contributed by atoms with van der Waals surface area (Å²) in [4.78, 5) is 15.9. The van der Waals surface area contributed by atoms with Gasteiger partial charge in [0.15, 0.2) is 0 Å². The summed E-state index contributed by atoms with van der Waals surface area (Å²) in [7, 11) is 0. The number of hydrogen-bond acceptors (Lipinski definition) is 4. The number of rotatable bonds is 0. The zero-order valence-electron chi connectivity index (χ0n) is 8.27. The van der Waals surface area contributed by atoms with Crippen LogP contribution in [0.4, 0.5) is 5.82 Å². The Labute approximate surface area is 87.4 Å². The van der Waals surface area contributed by atoms with Crippen LogP contribution in [0.15, 0.2) is 12.1 Å². The fourth-order valence-electron chi connectivity index (χ4n) is 2.53. The number of nitrogens with two attached hydrogens (primary N) is 1. The molecule has 78 valence electrons. The largest absolute Gasteiger partial charge is 0.458 e. The Hall–Kier alpha value is -1.58. The van der Waals surface area contributed by atoms with Gasteiger partial charge in [-0.15, -0.1) is 0 Å². The van der Waals surface area contributed by atoms with Crippen molar-refractivity contribution in [2.75, 3.05) is 5.73 Å². The van der Waals surface area contributed by atoms with Crippen LogP contribution >= 0.6 is 0 Å². The molecule has 0 aromatic carbocycles. The van der Waals surface area contributed by atoms with E-state index in [0.717, 1.165) is 25.0 Å². The molecule has 2 heterocycles. The Kier molecular flexibility index (Phi) is 1.71. The molecule has 2 atom stereocenters. The van der Waals surface area contributed by atoms with E-state index in [2.05, 4.69) is 4.98 Å². The van der Waals surface area contributed by atoms with Crippen LogP contribution in [0.25, 0.3) is 0 Å². The van der Waals surface area contributed by atoms with E-state index in [0.29, 0.717) is 11.4 Å². The monoisotopic (exact) mass is 204 g/mol. The van der Waals surface area contributed by atoms with E-state index in [9.17, 15) is 4.79 Å². The first-order chi connectivity index (χ1) is 7.25. The van der Waals surface area contributed by atoms with Crippen LogP contribution in [0, 0.1) is 0 Å². The van der Waals surface area contributed by atoms with Crippen molar-refractivity contribution < 1.29 is 9.53 Å². The summed E-state index contributed by atoms with van der Waals surface area (Å²) >= 11 is 0. The number of ether oxygens (including phenoxy) is 1. The second-order valence-electron chi connectivity index (χ2n) is 4.15. The van der Waals surface area contributed by atoms with E-state index in [1.54, 1.807) is 12.1 Å². The van der Waals surface area contributed by atoms with Crippen molar-refractivity contribution in [2.24, 2.45) is 0 Å². The van der Waals surface area contributed by atoms with Gasteiger partial charge in [-0.2, -0.15) is 0 Å². The fraction of sp³-hybridized carbons (Fsp3) is 0.455. The van der Waals surface area contributed by atoms with E-state index >= 15 is 0 Å². The average Bonchev–Trinajstić information content (AvgIpc) is 2.65. The summed E-state index contributed by atoms with van der Waals surface area (Å²) in [5, 5.41) is 0. The zero-order valence-corrected chi connectivity index (χ0v) is 8.27. The molecule has 1 saturated carbocycles. The summed E-state index contributed by atoms with van der Waals surface area (Å²) in [5.41, 5.74) is 7.08. The molecule has 1 fully saturated rings. The van der Waals surface area contributed by atoms with Crippen LogP contribution in [-0.4, -0.2) is 17.1 Å². The summed E-state index contributed by atoms with van der Waals surface area (Å²) in [6, 6.07) is 3.36. The molecule has 2 aliphatic rings. The minimum atomic E-state index is -0.249. The molecule has 0 saturated heterocycles. The highest BCUT2D eigenvalue weighted by Gasteiger charge is 2.39. The highest BCUT2D eigenvalue weighted by molar-refractivity contribution is 5.92. The number of fused-ring (bicyclic) bond motifs is 3. The fourth-order valence-corrected chi connectivity index (χ4v) is 2.53. The number of esters is 1. The Morgan fingerprint density at radius 2 is 2.27 bits per heavy atom. The van der Waals surface area contributed by atoms with Crippen molar-refractivity contribution in [3.8, 4) is 0 Å². The molecule has 2 N–H and O–H groups in total. The Morgan fingerprint density at radius 3 is 3.13 bits per heavy atom. The van der Waals surface area contributed by atoms with Gasteiger partial charge in [-0.25, -0.2) is 9.78 Å². The lowest BCUT2D eigenvalue weighted by Gasteiger charge is -2.26. The maximum atomic E-state index is 11.6. The number of pyridine rings is 1. The Bertz CT molecular complexity index is 431. The van der Waals surface area contributed by atoms with Crippen molar-refractivity contribution in [3.05, 3.63) is 23.4 Å². The molecular weight excluding hydrogens is 192 g/mol. The second-order valence-corrected chi connectivity index (χ2v) is 4.15. The van der Waals surface area contributed by atoms with Gasteiger partial charge in [0.25, 0.3) is 0 Å². The molecule has 1 unspecified atom stereocenters. The molecule has 1 aliphatic heterocycles. The van der Waals surface area contributed by atoms with Crippen molar-refractivity contribution in [3.63, 3.8) is 0 Å². The van der Waals surface area contributed by atoms with Crippen LogP contribution in [0.2, 0.25) is 0 Å². The molecule has 0 radical (unpaired) electrons. The molecule has 1 aliphatic carbocycles. The highest BCUT2D eigenvalue weighted by Crippen LogP contribution is 2.41. The Balaban J connectivity index is 2.15. The van der Waals surface area contributed by atoms with Crippen LogP contribution < -0.4 is 5.73 Å². The van der Waals surface area contributed by atoms with Crippen LogP contribution in [-0.2, 0) is 4.74 Å². The minimum absolute atomic E-state index is 0.0271. The minimum Gasteiger partial charge on any atom is -0.458 e. The molecule has 1 aromatic rings. The molecule has 15 heavy (non-hydrogen) atoms. The van der Waals surface area contributed by atoms with Gasteiger partial charge in [0, 0.05) is 5.92 Å². The van der Waals surface area contributed by atoms with Gasteiger partial charge < -0.3 is 10.5 Å². The maximum absolute atomic E-state index is 11.6. The second kappa shape index (κ2) is 2.95. The van der Waals surface area contributed by atoms with Gasteiger partial charge >= 0.3 is 5.97 Å².